The normalized spacial score (nSPS) is 12.3. The highest BCUT2D eigenvalue weighted by Gasteiger charge is 2.07. The minimum atomic E-state index is 0.0180. The van der Waals surface area contributed by atoms with Gasteiger partial charge in [0.05, 0.1) is 0 Å². The summed E-state index contributed by atoms with van der Waals surface area (Å²) in [7, 11) is 0. The van der Waals surface area contributed by atoms with Crippen molar-refractivity contribution < 1.29 is 0 Å². The van der Waals surface area contributed by atoms with Gasteiger partial charge < -0.3 is 5.73 Å². The molecule has 0 aliphatic heterocycles. The summed E-state index contributed by atoms with van der Waals surface area (Å²) in [5.74, 6) is 0.789. The maximum Gasteiger partial charge on any atom is 0.187 e. The fraction of sp³-hybridized carbons (Fsp3) is 0.333. The van der Waals surface area contributed by atoms with E-state index in [2.05, 4.69) is 41.2 Å². The summed E-state index contributed by atoms with van der Waals surface area (Å²) in [5.41, 5.74) is 8.73. The SMILES string of the molecule is CCCc1ccc(C(N)CSc2ncccn2)cc1. The Labute approximate surface area is 118 Å². The van der Waals surface area contributed by atoms with Crippen LogP contribution in [-0.2, 0) is 6.42 Å². The molecule has 1 atom stereocenters. The quantitative estimate of drug-likeness (QED) is 0.648. The second-order valence-corrected chi connectivity index (χ2v) is 5.43. The van der Waals surface area contributed by atoms with E-state index in [0.29, 0.717) is 0 Å². The van der Waals surface area contributed by atoms with Crippen LogP contribution < -0.4 is 5.73 Å². The molecular weight excluding hydrogens is 254 g/mol. The summed E-state index contributed by atoms with van der Waals surface area (Å²) >= 11 is 1.59. The highest BCUT2D eigenvalue weighted by Crippen LogP contribution is 2.20. The molecule has 2 N–H and O–H groups in total. The second-order valence-electron chi connectivity index (χ2n) is 4.44. The van der Waals surface area contributed by atoms with Gasteiger partial charge in [0.15, 0.2) is 5.16 Å². The Morgan fingerprint density at radius 1 is 1.16 bits per heavy atom. The third-order valence-corrected chi connectivity index (χ3v) is 3.88. The lowest BCUT2D eigenvalue weighted by atomic mass is 10.0. The highest BCUT2D eigenvalue weighted by atomic mass is 32.2. The molecule has 1 aromatic heterocycles. The molecule has 0 aliphatic carbocycles. The summed E-state index contributed by atoms with van der Waals surface area (Å²) in [6.45, 7) is 2.19. The van der Waals surface area contributed by atoms with Crippen LogP contribution in [0.2, 0.25) is 0 Å². The van der Waals surface area contributed by atoms with Gasteiger partial charge in [0.25, 0.3) is 0 Å². The molecule has 1 unspecified atom stereocenters. The van der Waals surface area contributed by atoms with E-state index in [9.17, 15) is 0 Å². The fourth-order valence-electron chi connectivity index (χ4n) is 1.84. The predicted molar refractivity (Wildman–Crippen MR) is 80.1 cm³/mol. The van der Waals surface area contributed by atoms with Crippen LogP contribution in [0, 0.1) is 0 Å². The molecule has 2 aromatic rings. The van der Waals surface area contributed by atoms with Crippen molar-refractivity contribution in [1.29, 1.82) is 0 Å². The van der Waals surface area contributed by atoms with Crippen molar-refractivity contribution in [3.8, 4) is 0 Å². The van der Waals surface area contributed by atoms with Gasteiger partial charge in [0.1, 0.15) is 0 Å². The average Bonchev–Trinajstić information content (AvgIpc) is 2.47. The number of aromatic nitrogens is 2. The molecule has 0 spiro atoms. The van der Waals surface area contributed by atoms with Gasteiger partial charge in [-0.1, -0.05) is 49.4 Å². The Balaban J connectivity index is 1.90. The van der Waals surface area contributed by atoms with Crippen molar-refractivity contribution in [3.63, 3.8) is 0 Å². The maximum absolute atomic E-state index is 6.19. The van der Waals surface area contributed by atoms with Crippen LogP contribution in [0.25, 0.3) is 0 Å². The molecular formula is C15H19N3S. The van der Waals surface area contributed by atoms with Gasteiger partial charge in [0, 0.05) is 24.2 Å². The minimum Gasteiger partial charge on any atom is -0.323 e. The van der Waals surface area contributed by atoms with Crippen molar-refractivity contribution in [2.24, 2.45) is 5.73 Å². The molecule has 2 rings (SSSR count). The first-order valence-corrected chi connectivity index (χ1v) is 7.52. The van der Waals surface area contributed by atoms with E-state index in [-0.39, 0.29) is 6.04 Å². The number of hydrogen-bond acceptors (Lipinski definition) is 4. The lowest BCUT2D eigenvalue weighted by Crippen LogP contribution is -2.13. The number of thioether (sulfide) groups is 1. The first-order chi connectivity index (χ1) is 9.29. The van der Waals surface area contributed by atoms with E-state index in [0.717, 1.165) is 17.3 Å². The van der Waals surface area contributed by atoms with Crippen LogP contribution in [0.4, 0.5) is 0 Å². The fourth-order valence-corrected chi connectivity index (χ4v) is 2.63. The van der Waals surface area contributed by atoms with Gasteiger partial charge in [-0.05, 0) is 23.6 Å². The van der Waals surface area contributed by atoms with Crippen LogP contribution in [-0.4, -0.2) is 15.7 Å². The smallest absolute Gasteiger partial charge is 0.187 e. The van der Waals surface area contributed by atoms with Gasteiger partial charge in [-0.25, -0.2) is 9.97 Å². The van der Waals surface area contributed by atoms with Crippen molar-refractivity contribution >= 4 is 11.8 Å². The zero-order chi connectivity index (χ0) is 13.5. The van der Waals surface area contributed by atoms with E-state index >= 15 is 0 Å². The molecule has 4 heteroatoms. The van der Waals surface area contributed by atoms with E-state index in [1.54, 1.807) is 24.2 Å². The van der Waals surface area contributed by atoms with E-state index in [4.69, 9.17) is 5.73 Å². The highest BCUT2D eigenvalue weighted by molar-refractivity contribution is 7.99. The second kappa shape index (κ2) is 7.26. The Morgan fingerprint density at radius 2 is 1.84 bits per heavy atom. The topological polar surface area (TPSA) is 51.8 Å². The van der Waals surface area contributed by atoms with E-state index in [1.165, 1.54) is 17.5 Å². The van der Waals surface area contributed by atoms with Gasteiger partial charge in [-0.2, -0.15) is 0 Å². The van der Waals surface area contributed by atoms with E-state index < -0.39 is 0 Å². The minimum absolute atomic E-state index is 0.0180. The number of benzene rings is 1. The third kappa shape index (κ3) is 4.33. The lowest BCUT2D eigenvalue weighted by molar-refractivity contribution is 0.823. The molecule has 1 aromatic carbocycles. The number of nitrogens with zero attached hydrogens (tertiary/aromatic N) is 2. The summed E-state index contributed by atoms with van der Waals surface area (Å²) < 4.78 is 0. The number of aryl methyl sites for hydroxylation is 1. The van der Waals surface area contributed by atoms with Gasteiger partial charge in [0.2, 0.25) is 0 Å². The number of nitrogens with two attached hydrogens (primary N) is 1. The summed E-state index contributed by atoms with van der Waals surface area (Å²) in [6.07, 6.45) is 5.80. The van der Waals surface area contributed by atoms with Crippen LogP contribution in [0.5, 0.6) is 0 Å². The van der Waals surface area contributed by atoms with Gasteiger partial charge in [-0.3, -0.25) is 0 Å². The molecule has 0 saturated heterocycles. The molecule has 0 radical (unpaired) electrons. The van der Waals surface area contributed by atoms with Crippen molar-refractivity contribution in [2.75, 3.05) is 5.75 Å². The summed E-state index contributed by atoms with van der Waals surface area (Å²) in [5, 5.41) is 0.778. The molecule has 19 heavy (non-hydrogen) atoms. The number of hydrogen-bond donors (Lipinski definition) is 1. The maximum atomic E-state index is 6.19. The average molecular weight is 273 g/mol. The Bertz CT molecular complexity index is 485. The number of rotatable bonds is 6. The van der Waals surface area contributed by atoms with E-state index in [1.807, 2.05) is 6.07 Å². The first-order valence-electron chi connectivity index (χ1n) is 6.54. The Morgan fingerprint density at radius 3 is 2.47 bits per heavy atom. The molecule has 0 amide bonds. The zero-order valence-electron chi connectivity index (χ0n) is 11.1. The molecule has 0 fully saturated rings. The first kappa shape index (κ1) is 14.0. The van der Waals surface area contributed by atoms with Crippen LogP contribution in [0.15, 0.2) is 47.9 Å². The molecule has 100 valence electrons. The Hall–Kier alpha value is -1.39. The molecule has 3 nitrogen and oxygen atoms in total. The predicted octanol–water partition coefficient (Wildman–Crippen LogP) is 3.22. The molecule has 0 bridgehead atoms. The summed E-state index contributed by atoms with van der Waals surface area (Å²) in [6, 6.07) is 10.4. The van der Waals surface area contributed by atoms with Crippen LogP contribution >= 0.6 is 11.8 Å². The van der Waals surface area contributed by atoms with Crippen molar-refractivity contribution in [2.45, 2.75) is 31.0 Å². The lowest BCUT2D eigenvalue weighted by Gasteiger charge is -2.11. The van der Waals surface area contributed by atoms with Crippen LogP contribution in [0.3, 0.4) is 0 Å². The van der Waals surface area contributed by atoms with Crippen LogP contribution in [0.1, 0.15) is 30.5 Å². The molecule has 1 heterocycles. The monoisotopic (exact) mass is 273 g/mol. The third-order valence-electron chi connectivity index (χ3n) is 2.88. The Kier molecular flexibility index (Phi) is 5.36. The van der Waals surface area contributed by atoms with Gasteiger partial charge in [-0.15, -0.1) is 0 Å². The molecule has 0 saturated carbocycles. The molecule has 0 aliphatic rings. The summed E-state index contributed by atoms with van der Waals surface area (Å²) in [4.78, 5) is 8.36. The largest absolute Gasteiger partial charge is 0.323 e. The zero-order valence-corrected chi connectivity index (χ0v) is 11.9. The van der Waals surface area contributed by atoms with Gasteiger partial charge >= 0.3 is 0 Å². The standard InChI is InChI=1S/C15H19N3S/c1-2-4-12-5-7-13(8-6-12)14(16)11-19-15-17-9-3-10-18-15/h3,5-10,14H,2,4,11,16H2,1H3. The van der Waals surface area contributed by atoms with Crippen molar-refractivity contribution in [1.82, 2.24) is 9.97 Å². The van der Waals surface area contributed by atoms with Crippen molar-refractivity contribution in [3.05, 3.63) is 53.9 Å².